The first-order valence-corrected chi connectivity index (χ1v) is 15.0. The van der Waals surface area contributed by atoms with Gasteiger partial charge in [-0.15, -0.1) is 0 Å². The van der Waals surface area contributed by atoms with Gasteiger partial charge in [-0.05, 0) is 74.9 Å². The number of aromatic nitrogens is 4. The molecule has 0 spiro atoms. The molecule has 0 fully saturated rings. The zero-order valence-corrected chi connectivity index (χ0v) is 25.4. The van der Waals surface area contributed by atoms with Crippen molar-refractivity contribution >= 4 is 0 Å². The second kappa shape index (κ2) is 11.7. The molecule has 5 aromatic rings. The van der Waals surface area contributed by atoms with Crippen LogP contribution in [0.1, 0.15) is 67.9 Å². The molecule has 1 aliphatic heterocycles. The molecule has 44 heavy (non-hydrogen) atoms. The van der Waals surface area contributed by atoms with E-state index >= 15 is 0 Å². The van der Waals surface area contributed by atoms with Crippen molar-refractivity contribution in [3.8, 4) is 34.0 Å². The molecule has 3 heterocycles. The fourth-order valence-electron chi connectivity index (χ4n) is 6.07. The molecule has 0 saturated carbocycles. The molecule has 9 nitrogen and oxygen atoms in total. The van der Waals surface area contributed by atoms with Gasteiger partial charge in [0.15, 0.2) is 5.82 Å². The van der Waals surface area contributed by atoms with Gasteiger partial charge in [-0.2, -0.15) is 0 Å². The normalized spacial score (nSPS) is 15.5. The number of H-pyrrole nitrogens is 1. The Morgan fingerprint density at radius 1 is 1.00 bits per heavy atom. The number of aliphatic hydroxyl groups excluding tert-OH is 1. The molecule has 0 radical (unpaired) electrons. The zero-order chi connectivity index (χ0) is 31.0. The molecule has 2 aromatic heterocycles. The number of ether oxygens (including phenoxy) is 1. The Morgan fingerprint density at radius 2 is 1.75 bits per heavy atom. The van der Waals surface area contributed by atoms with E-state index < -0.39 is 17.5 Å². The molecular formula is C35H36N4O5. The Labute approximate surface area is 255 Å². The number of aliphatic hydroxyl groups is 1. The maximum atomic E-state index is 14.1. The van der Waals surface area contributed by atoms with Gasteiger partial charge in [0, 0.05) is 23.1 Å². The standard InChI is InChI=1S/C35H36N4O5/c1-5-8-29-27(33(41)39(21(2)36-29)24-16-18-31-28(19-24)30(40)20-35(3,4)43-31)17-13-22-11-14-23(15-12-22)25-9-6-7-10-26(25)32-37-34(42)44-38-32/h6-7,9-12,14-16,18-19,30,40H,5,8,13,17,20H2,1-4H3,(H,37,38,42). The van der Waals surface area contributed by atoms with Gasteiger partial charge < -0.3 is 9.84 Å². The van der Waals surface area contributed by atoms with E-state index in [0.29, 0.717) is 53.5 Å². The van der Waals surface area contributed by atoms with Crippen LogP contribution in [0.3, 0.4) is 0 Å². The molecule has 1 unspecified atom stereocenters. The Kier molecular flexibility index (Phi) is 7.82. The van der Waals surface area contributed by atoms with E-state index in [9.17, 15) is 14.7 Å². The summed E-state index contributed by atoms with van der Waals surface area (Å²) in [6.45, 7) is 7.85. The summed E-state index contributed by atoms with van der Waals surface area (Å²) < 4.78 is 12.4. The number of nitrogens with zero attached hydrogens (tertiary/aromatic N) is 3. The van der Waals surface area contributed by atoms with Gasteiger partial charge in [0.05, 0.1) is 17.5 Å². The fourth-order valence-corrected chi connectivity index (χ4v) is 6.07. The van der Waals surface area contributed by atoms with Gasteiger partial charge in [0.2, 0.25) is 0 Å². The molecule has 0 amide bonds. The number of benzene rings is 3. The van der Waals surface area contributed by atoms with Crippen LogP contribution in [0.2, 0.25) is 0 Å². The van der Waals surface area contributed by atoms with E-state index in [4.69, 9.17) is 14.2 Å². The number of hydrogen-bond donors (Lipinski definition) is 2. The number of rotatable bonds is 8. The summed E-state index contributed by atoms with van der Waals surface area (Å²) in [5.74, 6) is 1.04. The van der Waals surface area contributed by atoms with E-state index in [2.05, 4.69) is 29.2 Å². The number of nitrogens with one attached hydrogen (secondary N) is 1. The summed E-state index contributed by atoms with van der Waals surface area (Å²) in [7, 11) is 0. The Morgan fingerprint density at radius 3 is 2.45 bits per heavy atom. The van der Waals surface area contributed by atoms with Gasteiger partial charge in [-0.25, -0.2) is 9.78 Å². The summed E-state index contributed by atoms with van der Waals surface area (Å²) in [6, 6.07) is 21.4. The largest absolute Gasteiger partial charge is 0.487 e. The molecule has 226 valence electrons. The molecule has 1 atom stereocenters. The lowest BCUT2D eigenvalue weighted by molar-refractivity contribution is 0.0115. The molecular weight excluding hydrogens is 556 g/mol. The highest BCUT2D eigenvalue weighted by atomic mass is 16.5. The van der Waals surface area contributed by atoms with Crippen molar-refractivity contribution in [3.63, 3.8) is 0 Å². The minimum atomic E-state index is -0.676. The summed E-state index contributed by atoms with van der Waals surface area (Å²) in [5, 5.41) is 14.7. The second-order valence-electron chi connectivity index (χ2n) is 12.0. The van der Waals surface area contributed by atoms with Crippen LogP contribution in [-0.4, -0.2) is 30.4 Å². The Bertz CT molecular complexity index is 1930. The van der Waals surface area contributed by atoms with Crippen molar-refractivity contribution in [2.75, 3.05) is 0 Å². The van der Waals surface area contributed by atoms with Crippen LogP contribution in [0.25, 0.3) is 28.2 Å². The lowest BCUT2D eigenvalue weighted by Crippen LogP contribution is -2.35. The van der Waals surface area contributed by atoms with Crippen molar-refractivity contribution in [1.29, 1.82) is 0 Å². The highest BCUT2D eigenvalue weighted by Crippen LogP contribution is 2.40. The molecule has 9 heteroatoms. The summed E-state index contributed by atoms with van der Waals surface area (Å²) in [5.41, 5.74) is 6.10. The van der Waals surface area contributed by atoms with Crippen molar-refractivity contribution in [3.05, 3.63) is 116 Å². The van der Waals surface area contributed by atoms with Crippen LogP contribution in [0.5, 0.6) is 5.75 Å². The van der Waals surface area contributed by atoms with Crippen LogP contribution in [0.15, 0.2) is 80.8 Å². The van der Waals surface area contributed by atoms with E-state index in [1.165, 1.54) is 0 Å². The summed E-state index contributed by atoms with van der Waals surface area (Å²) in [4.78, 5) is 33.1. The molecule has 6 rings (SSSR count). The van der Waals surface area contributed by atoms with Gasteiger partial charge in [0.25, 0.3) is 5.56 Å². The first-order valence-electron chi connectivity index (χ1n) is 15.0. The summed E-state index contributed by atoms with van der Waals surface area (Å²) in [6.07, 6.45) is 2.61. The van der Waals surface area contributed by atoms with Crippen LogP contribution in [0.4, 0.5) is 0 Å². The van der Waals surface area contributed by atoms with E-state index in [1.54, 1.807) is 4.57 Å². The lowest BCUT2D eigenvalue weighted by Gasteiger charge is -2.35. The predicted molar refractivity (Wildman–Crippen MR) is 168 cm³/mol. The predicted octanol–water partition coefficient (Wildman–Crippen LogP) is 5.88. The smallest absolute Gasteiger partial charge is 0.439 e. The van der Waals surface area contributed by atoms with E-state index in [0.717, 1.165) is 40.8 Å². The van der Waals surface area contributed by atoms with Crippen molar-refractivity contribution in [2.24, 2.45) is 0 Å². The molecule has 2 N–H and O–H groups in total. The minimum Gasteiger partial charge on any atom is -0.487 e. The van der Waals surface area contributed by atoms with Crippen LogP contribution < -0.4 is 16.1 Å². The molecule has 0 bridgehead atoms. The first kappa shape index (κ1) is 29.3. The number of aryl methyl sites for hydroxylation is 3. The molecule has 0 aliphatic carbocycles. The zero-order valence-electron chi connectivity index (χ0n) is 25.4. The highest BCUT2D eigenvalue weighted by Gasteiger charge is 2.33. The first-order chi connectivity index (χ1) is 21.1. The minimum absolute atomic E-state index is 0.0837. The van der Waals surface area contributed by atoms with Gasteiger partial charge in [0.1, 0.15) is 17.2 Å². The fraction of sp³-hybridized carbons (Fsp3) is 0.314. The Balaban J connectivity index is 1.29. The number of aromatic amines is 1. The van der Waals surface area contributed by atoms with Gasteiger partial charge in [-0.1, -0.05) is 67.0 Å². The van der Waals surface area contributed by atoms with Crippen molar-refractivity contribution in [1.82, 2.24) is 19.7 Å². The van der Waals surface area contributed by atoms with E-state index in [1.807, 2.05) is 75.4 Å². The average Bonchev–Trinajstić information content (AvgIpc) is 3.43. The topological polar surface area (TPSA) is 123 Å². The SMILES string of the molecule is CCCc1nc(C)n(-c2ccc3c(c2)C(O)CC(C)(C)O3)c(=O)c1CCc1ccc(-c2ccccc2-c2noc(=O)[nH]2)cc1. The number of hydrogen-bond acceptors (Lipinski definition) is 7. The van der Waals surface area contributed by atoms with Gasteiger partial charge in [-0.3, -0.25) is 18.9 Å². The molecule has 0 saturated heterocycles. The van der Waals surface area contributed by atoms with Crippen LogP contribution >= 0.6 is 0 Å². The third kappa shape index (κ3) is 5.75. The maximum Gasteiger partial charge on any atom is 0.439 e. The third-order valence-electron chi connectivity index (χ3n) is 8.15. The van der Waals surface area contributed by atoms with E-state index in [-0.39, 0.29) is 5.56 Å². The van der Waals surface area contributed by atoms with Crippen LogP contribution in [-0.2, 0) is 19.3 Å². The molecule has 1 aliphatic rings. The average molecular weight is 593 g/mol. The maximum absolute atomic E-state index is 14.1. The van der Waals surface area contributed by atoms with Gasteiger partial charge >= 0.3 is 5.76 Å². The monoisotopic (exact) mass is 592 g/mol. The number of fused-ring (bicyclic) bond motifs is 1. The lowest BCUT2D eigenvalue weighted by atomic mass is 9.91. The van der Waals surface area contributed by atoms with Crippen molar-refractivity contribution in [2.45, 2.75) is 71.5 Å². The summed E-state index contributed by atoms with van der Waals surface area (Å²) >= 11 is 0. The Hall–Kier alpha value is -4.76. The highest BCUT2D eigenvalue weighted by molar-refractivity contribution is 5.80. The molecule has 3 aromatic carbocycles. The second-order valence-corrected chi connectivity index (χ2v) is 12.0. The van der Waals surface area contributed by atoms with Crippen LogP contribution in [0, 0.1) is 6.92 Å². The third-order valence-corrected chi connectivity index (χ3v) is 8.15. The quantitative estimate of drug-likeness (QED) is 0.231. The van der Waals surface area contributed by atoms with Crippen molar-refractivity contribution < 1.29 is 14.4 Å².